The molecular formula is C15H21NO4S. The molecule has 1 fully saturated rings. The highest BCUT2D eigenvalue weighted by Gasteiger charge is 2.29. The van der Waals surface area contributed by atoms with Crippen molar-refractivity contribution in [3.8, 4) is 0 Å². The summed E-state index contributed by atoms with van der Waals surface area (Å²) in [5, 5.41) is 0. The summed E-state index contributed by atoms with van der Waals surface area (Å²) in [4.78, 5) is 10.8. The lowest BCUT2D eigenvalue weighted by Gasteiger charge is -2.24. The fourth-order valence-corrected chi connectivity index (χ4v) is 3.93. The monoisotopic (exact) mass is 311 g/mol. The van der Waals surface area contributed by atoms with Gasteiger partial charge in [0.1, 0.15) is 6.10 Å². The van der Waals surface area contributed by atoms with E-state index in [1.54, 1.807) is 24.3 Å². The highest BCUT2D eigenvalue weighted by Crippen LogP contribution is 2.22. The molecule has 0 amide bonds. The van der Waals surface area contributed by atoms with Crippen molar-refractivity contribution in [3.05, 3.63) is 29.8 Å². The van der Waals surface area contributed by atoms with Gasteiger partial charge in [0, 0.05) is 0 Å². The van der Waals surface area contributed by atoms with Gasteiger partial charge in [0.05, 0.1) is 10.9 Å². The Kier molecular flexibility index (Phi) is 5.36. The van der Waals surface area contributed by atoms with E-state index in [0.29, 0.717) is 19.3 Å². The van der Waals surface area contributed by atoms with E-state index in [2.05, 4.69) is 4.72 Å². The molecule has 0 radical (unpaired) electrons. The molecular weight excluding hydrogens is 290 g/mol. The zero-order valence-corrected chi connectivity index (χ0v) is 12.9. The van der Waals surface area contributed by atoms with Gasteiger partial charge in [0.15, 0.2) is 0 Å². The normalized spacial score (nSPS) is 23.3. The summed E-state index contributed by atoms with van der Waals surface area (Å²) in [6, 6.07) is 6.35. The predicted molar refractivity (Wildman–Crippen MR) is 79.3 cm³/mol. The third kappa shape index (κ3) is 4.28. The number of rotatable bonds is 5. The van der Waals surface area contributed by atoms with Gasteiger partial charge in [-0.1, -0.05) is 30.5 Å². The second kappa shape index (κ2) is 7.04. The Balaban J connectivity index is 2.16. The van der Waals surface area contributed by atoms with E-state index in [4.69, 9.17) is 4.74 Å². The number of aryl methyl sites for hydroxylation is 1. The Labute approximate surface area is 125 Å². The van der Waals surface area contributed by atoms with Crippen LogP contribution in [0, 0.1) is 6.92 Å². The van der Waals surface area contributed by atoms with Crippen molar-refractivity contribution in [2.45, 2.75) is 56.1 Å². The summed E-state index contributed by atoms with van der Waals surface area (Å²) in [7, 11) is -3.59. The van der Waals surface area contributed by atoms with Crippen LogP contribution in [-0.2, 0) is 19.6 Å². The van der Waals surface area contributed by atoms with Gasteiger partial charge < -0.3 is 4.74 Å². The summed E-state index contributed by atoms with van der Waals surface area (Å²) >= 11 is 0. The van der Waals surface area contributed by atoms with Crippen LogP contribution in [0.3, 0.4) is 0 Å². The van der Waals surface area contributed by atoms with E-state index in [0.717, 1.165) is 24.8 Å². The Hall–Kier alpha value is -1.40. The Morgan fingerprint density at radius 1 is 1.14 bits per heavy atom. The first-order valence-electron chi connectivity index (χ1n) is 7.21. The molecule has 1 N–H and O–H groups in total. The van der Waals surface area contributed by atoms with E-state index in [1.165, 1.54) is 0 Å². The van der Waals surface area contributed by atoms with Crippen molar-refractivity contribution in [3.63, 3.8) is 0 Å². The first kappa shape index (κ1) is 16.0. The van der Waals surface area contributed by atoms with Crippen LogP contribution >= 0.6 is 0 Å². The largest absolute Gasteiger partial charge is 0.463 e. The molecule has 0 saturated heterocycles. The molecule has 0 aromatic heterocycles. The summed E-state index contributed by atoms with van der Waals surface area (Å²) in [6.45, 7) is 2.31. The lowest BCUT2D eigenvalue weighted by molar-refractivity contribution is -0.135. The van der Waals surface area contributed by atoms with Crippen LogP contribution in [-0.4, -0.2) is 27.0 Å². The predicted octanol–water partition coefficient (Wildman–Crippen LogP) is 2.15. The summed E-state index contributed by atoms with van der Waals surface area (Å²) < 4.78 is 32.6. The maximum absolute atomic E-state index is 12.4. The van der Waals surface area contributed by atoms with Crippen LogP contribution in [0.4, 0.5) is 0 Å². The van der Waals surface area contributed by atoms with Crippen LogP contribution in [0.15, 0.2) is 29.2 Å². The van der Waals surface area contributed by atoms with Gasteiger partial charge >= 0.3 is 0 Å². The Morgan fingerprint density at radius 3 is 2.48 bits per heavy atom. The summed E-state index contributed by atoms with van der Waals surface area (Å²) in [6.07, 6.45) is 3.90. The number of carbonyl (C=O) groups is 1. The van der Waals surface area contributed by atoms with E-state index in [1.807, 2.05) is 6.92 Å². The molecule has 1 aliphatic rings. The fourth-order valence-electron chi connectivity index (χ4n) is 2.63. The minimum absolute atomic E-state index is 0.238. The van der Waals surface area contributed by atoms with Crippen molar-refractivity contribution < 1.29 is 17.9 Å². The van der Waals surface area contributed by atoms with Gasteiger partial charge in [-0.05, 0) is 38.3 Å². The number of ether oxygens (including phenoxy) is 1. The third-order valence-electron chi connectivity index (χ3n) is 3.82. The van der Waals surface area contributed by atoms with E-state index >= 15 is 0 Å². The quantitative estimate of drug-likeness (QED) is 0.668. The minimum atomic E-state index is -3.59. The van der Waals surface area contributed by atoms with Gasteiger partial charge in [0.2, 0.25) is 10.0 Å². The highest BCUT2D eigenvalue weighted by atomic mass is 32.2. The van der Waals surface area contributed by atoms with Crippen molar-refractivity contribution in [1.29, 1.82) is 0 Å². The summed E-state index contributed by atoms with van der Waals surface area (Å²) in [5.74, 6) is 0. The SMILES string of the molecule is Cc1ccc(S(=O)(=O)N[C@@H]2CCCCC[C@H]2OC=O)cc1. The fraction of sp³-hybridized carbons (Fsp3) is 0.533. The minimum Gasteiger partial charge on any atom is -0.463 e. The molecule has 1 aromatic rings. The molecule has 21 heavy (non-hydrogen) atoms. The molecule has 0 bridgehead atoms. The van der Waals surface area contributed by atoms with Crippen molar-refractivity contribution >= 4 is 16.5 Å². The maximum Gasteiger partial charge on any atom is 0.293 e. The molecule has 5 nitrogen and oxygen atoms in total. The molecule has 2 rings (SSSR count). The lowest BCUT2D eigenvalue weighted by Crippen LogP contribution is -2.43. The van der Waals surface area contributed by atoms with Gasteiger partial charge in [-0.2, -0.15) is 0 Å². The average molecular weight is 311 g/mol. The van der Waals surface area contributed by atoms with Gasteiger partial charge in [-0.25, -0.2) is 13.1 Å². The maximum atomic E-state index is 12.4. The van der Waals surface area contributed by atoms with Gasteiger partial charge in [-0.15, -0.1) is 0 Å². The number of carbonyl (C=O) groups excluding carboxylic acids is 1. The number of nitrogens with one attached hydrogen (secondary N) is 1. The molecule has 1 saturated carbocycles. The molecule has 1 aromatic carbocycles. The number of hydrogen-bond donors (Lipinski definition) is 1. The number of benzene rings is 1. The zero-order valence-electron chi connectivity index (χ0n) is 12.1. The van der Waals surface area contributed by atoms with E-state index in [-0.39, 0.29) is 17.0 Å². The summed E-state index contributed by atoms with van der Waals surface area (Å²) in [5.41, 5.74) is 1.01. The standard InChI is InChI=1S/C15H21NO4S/c1-12-7-9-13(10-8-12)21(18,19)16-14-5-3-2-4-6-15(14)20-11-17/h7-11,14-16H,2-6H2,1H3/t14-,15-/m1/s1. The van der Waals surface area contributed by atoms with Crippen molar-refractivity contribution in [1.82, 2.24) is 4.72 Å². The topological polar surface area (TPSA) is 72.5 Å². The molecule has 1 aliphatic carbocycles. The van der Waals surface area contributed by atoms with E-state index in [9.17, 15) is 13.2 Å². The second-order valence-electron chi connectivity index (χ2n) is 5.45. The molecule has 0 spiro atoms. The zero-order chi connectivity index (χ0) is 15.3. The molecule has 2 atom stereocenters. The van der Waals surface area contributed by atoms with Crippen LogP contribution < -0.4 is 4.72 Å². The highest BCUT2D eigenvalue weighted by molar-refractivity contribution is 7.89. The van der Waals surface area contributed by atoms with Crippen LogP contribution in [0.1, 0.15) is 37.7 Å². The van der Waals surface area contributed by atoms with Crippen LogP contribution in [0.25, 0.3) is 0 Å². The molecule has 0 aliphatic heterocycles. The third-order valence-corrected chi connectivity index (χ3v) is 5.33. The van der Waals surface area contributed by atoms with Gasteiger partial charge in [0.25, 0.3) is 6.47 Å². The Bertz CT molecular complexity index is 568. The molecule has 0 heterocycles. The average Bonchev–Trinajstić information content (AvgIpc) is 2.65. The van der Waals surface area contributed by atoms with Crippen molar-refractivity contribution in [2.75, 3.05) is 0 Å². The molecule has 6 heteroatoms. The Morgan fingerprint density at radius 2 is 1.81 bits per heavy atom. The first-order chi connectivity index (χ1) is 10.0. The number of hydrogen-bond acceptors (Lipinski definition) is 4. The second-order valence-corrected chi connectivity index (χ2v) is 7.16. The number of sulfonamides is 1. The van der Waals surface area contributed by atoms with E-state index < -0.39 is 10.0 Å². The molecule has 0 unspecified atom stereocenters. The van der Waals surface area contributed by atoms with Crippen LogP contribution in [0.2, 0.25) is 0 Å². The lowest BCUT2D eigenvalue weighted by atomic mass is 10.1. The smallest absolute Gasteiger partial charge is 0.293 e. The van der Waals surface area contributed by atoms with Gasteiger partial charge in [-0.3, -0.25) is 4.79 Å². The van der Waals surface area contributed by atoms with Crippen LogP contribution in [0.5, 0.6) is 0 Å². The molecule has 116 valence electrons. The van der Waals surface area contributed by atoms with Crippen molar-refractivity contribution in [2.24, 2.45) is 0 Å². The first-order valence-corrected chi connectivity index (χ1v) is 8.69.